The highest BCUT2D eigenvalue weighted by Crippen LogP contribution is 2.22. The van der Waals surface area contributed by atoms with Gasteiger partial charge in [0.1, 0.15) is 4.60 Å². The van der Waals surface area contributed by atoms with Crippen molar-refractivity contribution in [2.24, 2.45) is 0 Å². The molecule has 6 heteroatoms. The molecule has 0 atom stereocenters. The molecule has 4 nitrogen and oxygen atoms in total. The van der Waals surface area contributed by atoms with Crippen LogP contribution in [0.2, 0.25) is 0 Å². The van der Waals surface area contributed by atoms with E-state index >= 15 is 0 Å². The number of rotatable bonds is 4. The zero-order valence-corrected chi connectivity index (χ0v) is 10.2. The monoisotopic (exact) mass is 288 g/mol. The van der Waals surface area contributed by atoms with E-state index in [1.807, 2.05) is 9.78 Å². The SMILES string of the molecule is O=C(O)CCCc1csc2ncc(Br)n12. The number of aromatic nitrogens is 2. The van der Waals surface area contributed by atoms with Crippen molar-refractivity contribution in [2.45, 2.75) is 19.3 Å². The van der Waals surface area contributed by atoms with E-state index in [1.54, 1.807) is 17.5 Å². The molecule has 0 radical (unpaired) electrons. The molecule has 0 saturated carbocycles. The number of halogens is 1. The zero-order valence-electron chi connectivity index (χ0n) is 7.81. The number of carboxylic acids is 1. The standard InChI is InChI=1S/C9H9BrN2O2S/c10-7-4-11-9-12(7)6(5-15-9)2-1-3-8(13)14/h4-5H,1-3H2,(H,13,14). The largest absolute Gasteiger partial charge is 0.481 e. The normalized spacial score (nSPS) is 11.0. The van der Waals surface area contributed by atoms with Crippen LogP contribution in [0.5, 0.6) is 0 Å². The van der Waals surface area contributed by atoms with Crippen LogP contribution in [0.1, 0.15) is 18.5 Å². The van der Waals surface area contributed by atoms with E-state index in [1.165, 1.54) is 0 Å². The molecule has 0 spiro atoms. The van der Waals surface area contributed by atoms with Gasteiger partial charge in [0.25, 0.3) is 0 Å². The number of aryl methyl sites for hydroxylation is 1. The van der Waals surface area contributed by atoms with Gasteiger partial charge in [-0.05, 0) is 28.8 Å². The van der Waals surface area contributed by atoms with Crippen LogP contribution in [0.25, 0.3) is 4.96 Å². The van der Waals surface area contributed by atoms with Gasteiger partial charge in [0, 0.05) is 17.5 Å². The molecule has 0 fully saturated rings. The van der Waals surface area contributed by atoms with Crippen molar-refractivity contribution < 1.29 is 9.90 Å². The van der Waals surface area contributed by atoms with E-state index < -0.39 is 5.97 Å². The minimum Gasteiger partial charge on any atom is -0.481 e. The highest BCUT2D eigenvalue weighted by atomic mass is 79.9. The average molecular weight is 289 g/mol. The van der Waals surface area contributed by atoms with Gasteiger partial charge in [-0.15, -0.1) is 11.3 Å². The number of imidazole rings is 1. The number of thiazole rings is 1. The van der Waals surface area contributed by atoms with E-state index in [2.05, 4.69) is 20.9 Å². The zero-order chi connectivity index (χ0) is 10.8. The Morgan fingerprint density at radius 1 is 1.67 bits per heavy atom. The summed E-state index contributed by atoms with van der Waals surface area (Å²) in [6, 6.07) is 0. The van der Waals surface area contributed by atoms with E-state index in [4.69, 9.17) is 5.11 Å². The van der Waals surface area contributed by atoms with Crippen molar-refractivity contribution in [3.8, 4) is 0 Å². The summed E-state index contributed by atoms with van der Waals surface area (Å²) < 4.78 is 2.93. The van der Waals surface area contributed by atoms with Gasteiger partial charge in [-0.2, -0.15) is 0 Å². The van der Waals surface area contributed by atoms with Crippen LogP contribution in [0.3, 0.4) is 0 Å². The smallest absolute Gasteiger partial charge is 0.303 e. The molecule has 2 heterocycles. The molecule has 2 aromatic heterocycles. The van der Waals surface area contributed by atoms with Crippen LogP contribution < -0.4 is 0 Å². The molecule has 0 saturated heterocycles. The second-order valence-corrected chi connectivity index (χ2v) is 4.82. The third-order valence-electron chi connectivity index (χ3n) is 2.10. The molecule has 0 aliphatic rings. The highest BCUT2D eigenvalue weighted by Gasteiger charge is 2.08. The van der Waals surface area contributed by atoms with Crippen LogP contribution in [0.15, 0.2) is 16.2 Å². The van der Waals surface area contributed by atoms with Gasteiger partial charge in [-0.3, -0.25) is 9.20 Å². The Kier molecular flexibility index (Phi) is 3.06. The third-order valence-corrected chi connectivity index (χ3v) is 3.55. The summed E-state index contributed by atoms with van der Waals surface area (Å²) in [6.45, 7) is 0. The van der Waals surface area contributed by atoms with Crippen LogP contribution in [-0.2, 0) is 11.2 Å². The molecule has 80 valence electrons. The van der Waals surface area contributed by atoms with E-state index in [0.29, 0.717) is 6.42 Å². The maximum Gasteiger partial charge on any atom is 0.303 e. The van der Waals surface area contributed by atoms with Gasteiger partial charge in [0.15, 0.2) is 4.96 Å². The first kappa shape index (κ1) is 10.6. The minimum absolute atomic E-state index is 0.212. The van der Waals surface area contributed by atoms with Crippen molar-refractivity contribution in [1.82, 2.24) is 9.38 Å². The number of hydrogen-bond donors (Lipinski definition) is 1. The average Bonchev–Trinajstić information content (AvgIpc) is 2.71. The molecule has 1 N–H and O–H groups in total. The summed E-state index contributed by atoms with van der Waals surface area (Å²) >= 11 is 4.98. The lowest BCUT2D eigenvalue weighted by molar-refractivity contribution is -0.137. The number of aliphatic carboxylic acids is 1. The molecule has 15 heavy (non-hydrogen) atoms. The molecule has 0 aliphatic heterocycles. The van der Waals surface area contributed by atoms with Gasteiger partial charge in [-0.1, -0.05) is 0 Å². The molecule has 0 unspecified atom stereocenters. The molecule has 0 aliphatic carbocycles. The fourth-order valence-electron chi connectivity index (χ4n) is 1.42. The molecule has 0 amide bonds. The Hall–Kier alpha value is -0.880. The van der Waals surface area contributed by atoms with E-state index in [-0.39, 0.29) is 6.42 Å². The van der Waals surface area contributed by atoms with Gasteiger partial charge in [0.2, 0.25) is 0 Å². The van der Waals surface area contributed by atoms with Crippen molar-refractivity contribution in [1.29, 1.82) is 0 Å². The fraction of sp³-hybridized carbons (Fsp3) is 0.333. The Balaban J connectivity index is 2.13. The van der Waals surface area contributed by atoms with Crippen LogP contribution in [0.4, 0.5) is 0 Å². The van der Waals surface area contributed by atoms with Crippen molar-refractivity contribution in [3.05, 3.63) is 21.9 Å². The maximum absolute atomic E-state index is 10.4. The number of carboxylic acid groups (broad SMARTS) is 1. The summed E-state index contributed by atoms with van der Waals surface area (Å²) in [7, 11) is 0. The molecule has 2 aromatic rings. The molecule has 0 aromatic carbocycles. The first-order valence-corrected chi connectivity index (χ1v) is 6.17. The Bertz CT molecular complexity index is 491. The van der Waals surface area contributed by atoms with E-state index in [0.717, 1.165) is 21.7 Å². The van der Waals surface area contributed by atoms with Crippen LogP contribution in [-0.4, -0.2) is 20.5 Å². The lowest BCUT2D eigenvalue weighted by Gasteiger charge is -1.98. The van der Waals surface area contributed by atoms with Gasteiger partial charge < -0.3 is 5.11 Å². The summed E-state index contributed by atoms with van der Waals surface area (Å²) in [6.07, 6.45) is 3.39. The van der Waals surface area contributed by atoms with Crippen molar-refractivity contribution in [3.63, 3.8) is 0 Å². The maximum atomic E-state index is 10.4. The van der Waals surface area contributed by atoms with Crippen molar-refractivity contribution in [2.75, 3.05) is 0 Å². The second-order valence-electron chi connectivity index (χ2n) is 3.17. The predicted octanol–water partition coefficient (Wildman–Crippen LogP) is 2.57. The highest BCUT2D eigenvalue weighted by molar-refractivity contribution is 9.10. The Morgan fingerprint density at radius 2 is 2.47 bits per heavy atom. The molecule has 2 rings (SSSR count). The summed E-state index contributed by atoms with van der Waals surface area (Å²) in [5.74, 6) is -0.744. The minimum atomic E-state index is -0.744. The van der Waals surface area contributed by atoms with Gasteiger partial charge in [0.05, 0.1) is 6.20 Å². The summed E-state index contributed by atoms with van der Waals surface area (Å²) in [4.78, 5) is 15.5. The Morgan fingerprint density at radius 3 is 3.20 bits per heavy atom. The first-order chi connectivity index (χ1) is 7.18. The lowest BCUT2D eigenvalue weighted by Crippen LogP contribution is -1.97. The first-order valence-electron chi connectivity index (χ1n) is 4.49. The molecule has 0 bridgehead atoms. The van der Waals surface area contributed by atoms with Crippen molar-refractivity contribution >= 4 is 38.2 Å². The van der Waals surface area contributed by atoms with E-state index in [9.17, 15) is 4.79 Å². The Labute approximate surface area is 98.7 Å². The second kappa shape index (κ2) is 4.32. The number of fused-ring (bicyclic) bond motifs is 1. The summed E-state index contributed by atoms with van der Waals surface area (Å²) in [5.41, 5.74) is 1.11. The number of hydrogen-bond acceptors (Lipinski definition) is 3. The molecular formula is C9H9BrN2O2S. The lowest BCUT2D eigenvalue weighted by atomic mass is 10.2. The van der Waals surface area contributed by atoms with Crippen LogP contribution >= 0.6 is 27.3 Å². The predicted molar refractivity (Wildman–Crippen MR) is 61.3 cm³/mol. The molecular weight excluding hydrogens is 280 g/mol. The number of carbonyl (C=O) groups is 1. The topological polar surface area (TPSA) is 54.6 Å². The number of nitrogens with zero attached hydrogens (tertiary/aromatic N) is 2. The third kappa shape index (κ3) is 2.21. The summed E-state index contributed by atoms with van der Waals surface area (Å²) in [5, 5.41) is 10.6. The van der Waals surface area contributed by atoms with Gasteiger partial charge >= 0.3 is 5.97 Å². The van der Waals surface area contributed by atoms with Gasteiger partial charge in [-0.25, -0.2) is 4.98 Å². The van der Waals surface area contributed by atoms with Crippen LogP contribution in [0, 0.1) is 0 Å². The quantitative estimate of drug-likeness (QED) is 0.941. The fourth-order valence-corrected chi connectivity index (χ4v) is 2.94.